The van der Waals surface area contributed by atoms with Crippen LogP contribution < -0.4 is 10.1 Å². The minimum atomic E-state index is -0.401. The van der Waals surface area contributed by atoms with Gasteiger partial charge >= 0.3 is 0 Å². The number of halogens is 2. The van der Waals surface area contributed by atoms with Gasteiger partial charge in [0.25, 0.3) is 0 Å². The monoisotopic (exact) mass is 259 g/mol. The summed E-state index contributed by atoms with van der Waals surface area (Å²) in [6.45, 7) is 4.71. The molecule has 96 valence electrons. The molecule has 0 bridgehead atoms. The molecule has 0 aliphatic rings. The third-order valence-corrected chi connectivity index (χ3v) is 2.56. The molecule has 0 radical (unpaired) electrons. The lowest BCUT2D eigenvalue weighted by atomic mass is 10.3. The third-order valence-electron chi connectivity index (χ3n) is 2.33. The number of nitrogens with one attached hydrogen (secondary N) is 1. The minimum absolute atomic E-state index is 0.274. The molecule has 17 heavy (non-hydrogen) atoms. The van der Waals surface area contributed by atoms with Gasteiger partial charge in [0.05, 0.1) is 6.61 Å². The fourth-order valence-corrected chi connectivity index (χ4v) is 1.59. The van der Waals surface area contributed by atoms with E-state index in [1.807, 2.05) is 0 Å². The molecule has 1 N–H and O–H groups in total. The Morgan fingerprint density at radius 3 is 2.82 bits per heavy atom. The van der Waals surface area contributed by atoms with Gasteiger partial charge in [0.15, 0.2) is 11.6 Å². The summed E-state index contributed by atoms with van der Waals surface area (Å²) in [6.07, 6.45) is 3.10. The summed E-state index contributed by atoms with van der Waals surface area (Å²) in [6, 6.07) is 4.45. The van der Waals surface area contributed by atoms with Gasteiger partial charge in [-0.1, -0.05) is 18.5 Å². The molecule has 0 saturated heterocycles. The van der Waals surface area contributed by atoms with E-state index in [1.165, 1.54) is 6.07 Å². The first-order valence-electron chi connectivity index (χ1n) is 6.02. The third kappa shape index (κ3) is 5.89. The zero-order valence-corrected chi connectivity index (χ0v) is 10.9. The van der Waals surface area contributed by atoms with Gasteiger partial charge in [-0.05, 0) is 50.6 Å². The molecule has 1 aromatic rings. The number of hydrogen-bond donors (Lipinski definition) is 1. The summed E-state index contributed by atoms with van der Waals surface area (Å²) in [5.41, 5.74) is 0. The van der Waals surface area contributed by atoms with Crippen molar-refractivity contribution >= 4 is 11.6 Å². The van der Waals surface area contributed by atoms with Gasteiger partial charge in [0, 0.05) is 5.02 Å². The van der Waals surface area contributed by atoms with Gasteiger partial charge < -0.3 is 10.1 Å². The molecule has 1 aromatic carbocycles. The van der Waals surface area contributed by atoms with E-state index in [0.29, 0.717) is 11.6 Å². The molecule has 0 heterocycles. The van der Waals surface area contributed by atoms with Crippen molar-refractivity contribution in [3.8, 4) is 5.75 Å². The highest BCUT2D eigenvalue weighted by Crippen LogP contribution is 2.21. The fourth-order valence-electron chi connectivity index (χ4n) is 1.43. The number of unbranched alkanes of at least 4 members (excludes halogenated alkanes) is 1. The van der Waals surface area contributed by atoms with Gasteiger partial charge in [0.2, 0.25) is 0 Å². The van der Waals surface area contributed by atoms with Crippen molar-refractivity contribution in [1.82, 2.24) is 5.32 Å². The zero-order chi connectivity index (χ0) is 12.5. The van der Waals surface area contributed by atoms with Crippen LogP contribution in [0.3, 0.4) is 0 Å². The van der Waals surface area contributed by atoms with Crippen molar-refractivity contribution in [1.29, 1.82) is 0 Å². The summed E-state index contributed by atoms with van der Waals surface area (Å²) in [7, 11) is 0. The molecule has 4 heteroatoms. The summed E-state index contributed by atoms with van der Waals surface area (Å²) < 4.78 is 18.6. The molecule has 2 nitrogen and oxygen atoms in total. The first-order valence-corrected chi connectivity index (χ1v) is 6.40. The SMILES string of the molecule is CCCNCCCCOc1ccc(Cl)cc1F. The van der Waals surface area contributed by atoms with Crippen LogP contribution >= 0.6 is 11.6 Å². The van der Waals surface area contributed by atoms with Crippen LogP contribution in [0.4, 0.5) is 4.39 Å². The second-order valence-corrected chi connectivity index (χ2v) is 4.32. The maximum Gasteiger partial charge on any atom is 0.166 e. The lowest BCUT2D eigenvalue weighted by Gasteiger charge is -2.07. The molecular weight excluding hydrogens is 241 g/mol. The molecule has 0 unspecified atom stereocenters. The van der Waals surface area contributed by atoms with Crippen LogP contribution in [0, 0.1) is 5.82 Å². The predicted molar refractivity (Wildman–Crippen MR) is 69.3 cm³/mol. The largest absolute Gasteiger partial charge is 0.491 e. The number of rotatable bonds is 8. The molecule has 0 fully saturated rings. The van der Waals surface area contributed by atoms with E-state index in [0.717, 1.165) is 32.4 Å². The van der Waals surface area contributed by atoms with Gasteiger partial charge in [-0.15, -0.1) is 0 Å². The van der Waals surface area contributed by atoms with Gasteiger partial charge in [-0.2, -0.15) is 0 Å². The van der Waals surface area contributed by atoms with Gasteiger partial charge in [0.1, 0.15) is 0 Å². The van der Waals surface area contributed by atoms with Crippen molar-refractivity contribution in [3.05, 3.63) is 29.0 Å². The Hall–Kier alpha value is -0.800. The lowest BCUT2D eigenvalue weighted by molar-refractivity contribution is 0.291. The topological polar surface area (TPSA) is 21.3 Å². The van der Waals surface area contributed by atoms with E-state index >= 15 is 0 Å². The van der Waals surface area contributed by atoms with Crippen molar-refractivity contribution in [2.45, 2.75) is 26.2 Å². The Balaban J connectivity index is 2.14. The van der Waals surface area contributed by atoms with E-state index < -0.39 is 5.82 Å². The molecule has 0 saturated carbocycles. The number of hydrogen-bond acceptors (Lipinski definition) is 2. The van der Waals surface area contributed by atoms with Crippen molar-refractivity contribution in [2.75, 3.05) is 19.7 Å². The molecule has 0 aromatic heterocycles. The van der Waals surface area contributed by atoms with Crippen molar-refractivity contribution in [3.63, 3.8) is 0 Å². The Morgan fingerprint density at radius 1 is 1.29 bits per heavy atom. The molecule has 0 spiro atoms. The maximum absolute atomic E-state index is 13.3. The summed E-state index contributed by atoms with van der Waals surface area (Å²) >= 11 is 5.65. The Kier molecular flexibility index (Phi) is 6.97. The Bertz CT molecular complexity index is 333. The number of benzene rings is 1. The molecule has 0 aliphatic heterocycles. The van der Waals surface area contributed by atoms with E-state index in [4.69, 9.17) is 16.3 Å². The molecule has 0 amide bonds. The van der Waals surface area contributed by atoms with E-state index in [1.54, 1.807) is 12.1 Å². The smallest absolute Gasteiger partial charge is 0.166 e. The van der Waals surface area contributed by atoms with E-state index in [2.05, 4.69) is 12.2 Å². The Morgan fingerprint density at radius 2 is 2.12 bits per heavy atom. The summed E-state index contributed by atoms with van der Waals surface area (Å²) in [5.74, 6) is -0.127. The Labute approximate surface area is 107 Å². The standard InChI is InChI=1S/C13H19ClFNO/c1-2-7-16-8-3-4-9-17-13-6-5-11(14)10-12(13)15/h5-6,10,16H,2-4,7-9H2,1H3. The lowest BCUT2D eigenvalue weighted by Crippen LogP contribution is -2.16. The molecule has 0 atom stereocenters. The second-order valence-electron chi connectivity index (χ2n) is 3.88. The van der Waals surface area contributed by atoms with Gasteiger partial charge in [-0.3, -0.25) is 0 Å². The van der Waals surface area contributed by atoms with Crippen LogP contribution in [-0.2, 0) is 0 Å². The van der Waals surface area contributed by atoms with Crippen molar-refractivity contribution < 1.29 is 9.13 Å². The van der Waals surface area contributed by atoms with Gasteiger partial charge in [-0.25, -0.2) is 4.39 Å². The maximum atomic E-state index is 13.3. The first-order chi connectivity index (χ1) is 8.24. The highest BCUT2D eigenvalue weighted by atomic mass is 35.5. The summed E-state index contributed by atoms with van der Waals surface area (Å²) in [5, 5.41) is 3.69. The quantitative estimate of drug-likeness (QED) is 0.720. The average Bonchev–Trinajstić information content (AvgIpc) is 2.30. The molecular formula is C13H19ClFNO. The highest BCUT2D eigenvalue weighted by Gasteiger charge is 2.03. The van der Waals surface area contributed by atoms with Crippen LogP contribution in [0.5, 0.6) is 5.75 Å². The van der Waals surface area contributed by atoms with Crippen LogP contribution in [0.25, 0.3) is 0 Å². The average molecular weight is 260 g/mol. The van der Waals surface area contributed by atoms with Crippen molar-refractivity contribution in [2.24, 2.45) is 0 Å². The first kappa shape index (κ1) is 14.3. The predicted octanol–water partition coefficient (Wildman–Crippen LogP) is 3.64. The highest BCUT2D eigenvalue weighted by molar-refractivity contribution is 6.30. The number of ether oxygens (including phenoxy) is 1. The fraction of sp³-hybridized carbons (Fsp3) is 0.538. The second kappa shape index (κ2) is 8.31. The van der Waals surface area contributed by atoms with E-state index in [-0.39, 0.29) is 5.75 Å². The summed E-state index contributed by atoms with van der Waals surface area (Å²) in [4.78, 5) is 0. The van der Waals surface area contributed by atoms with E-state index in [9.17, 15) is 4.39 Å². The van der Waals surface area contributed by atoms with Crippen LogP contribution in [0.15, 0.2) is 18.2 Å². The normalized spacial score (nSPS) is 10.5. The van der Waals surface area contributed by atoms with Crippen LogP contribution in [0.1, 0.15) is 26.2 Å². The van der Waals surface area contributed by atoms with Crippen LogP contribution in [0.2, 0.25) is 5.02 Å². The zero-order valence-electron chi connectivity index (χ0n) is 10.1. The van der Waals surface area contributed by atoms with Crippen LogP contribution in [-0.4, -0.2) is 19.7 Å². The molecule has 1 rings (SSSR count). The molecule has 0 aliphatic carbocycles. The minimum Gasteiger partial charge on any atom is -0.491 e.